The second-order valence-corrected chi connectivity index (χ2v) is 5.07. The molecule has 2 amide bonds. The predicted molar refractivity (Wildman–Crippen MR) is 73.4 cm³/mol. The Morgan fingerprint density at radius 1 is 1.15 bits per heavy atom. The van der Waals surface area contributed by atoms with Gasteiger partial charge >= 0.3 is 0 Å². The predicted octanol–water partition coefficient (Wildman–Crippen LogP) is 2.61. The fourth-order valence-electron chi connectivity index (χ4n) is 1.89. The molecule has 0 bridgehead atoms. The van der Waals surface area contributed by atoms with Crippen molar-refractivity contribution < 1.29 is 14.0 Å². The highest BCUT2D eigenvalue weighted by Crippen LogP contribution is 2.24. The number of hydrogen-bond acceptors (Lipinski definition) is 4. The number of amides is 2. The third kappa shape index (κ3) is 2.16. The van der Waals surface area contributed by atoms with E-state index in [9.17, 15) is 14.0 Å². The van der Waals surface area contributed by atoms with Crippen LogP contribution in [0, 0.1) is 5.82 Å². The Morgan fingerprint density at radius 2 is 1.90 bits per heavy atom. The van der Waals surface area contributed by atoms with E-state index in [-0.39, 0.29) is 11.4 Å². The first-order chi connectivity index (χ1) is 9.54. The van der Waals surface area contributed by atoms with E-state index in [1.807, 2.05) is 0 Å². The van der Waals surface area contributed by atoms with Gasteiger partial charge in [-0.2, -0.15) is 0 Å². The van der Waals surface area contributed by atoms with Crippen molar-refractivity contribution in [2.75, 3.05) is 5.32 Å². The summed E-state index contributed by atoms with van der Waals surface area (Å²) < 4.78 is 14.2. The van der Waals surface area contributed by atoms with Crippen molar-refractivity contribution in [3.8, 4) is 0 Å². The second-order valence-electron chi connectivity index (χ2n) is 4.15. The summed E-state index contributed by atoms with van der Waals surface area (Å²) in [6, 6.07) is 5.85. The monoisotopic (exact) mass is 335 g/mol. The van der Waals surface area contributed by atoms with E-state index in [0.717, 1.165) is 0 Å². The highest BCUT2D eigenvalue weighted by atomic mass is 79.9. The number of aromatic nitrogens is 1. The van der Waals surface area contributed by atoms with Crippen molar-refractivity contribution in [2.24, 2.45) is 0 Å². The maximum atomic E-state index is 13.7. The van der Waals surface area contributed by atoms with Crippen LogP contribution in [-0.4, -0.2) is 16.8 Å². The van der Waals surface area contributed by atoms with Gasteiger partial charge in [-0.05, 0) is 40.2 Å². The Balaban J connectivity index is 1.95. The smallest absolute Gasteiger partial charge is 0.259 e. The van der Waals surface area contributed by atoms with E-state index in [1.54, 1.807) is 6.07 Å². The molecule has 0 saturated heterocycles. The molecule has 2 N–H and O–H groups in total. The van der Waals surface area contributed by atoms with Crippen molar-refractivity contribution in [3.05, 3.63) is 51.9 Å². The minimum absolute atomic E-state index is 0.0397. The molecule has 0 spiro atoms. The average molecular weight is 336 g/mol. The van der Waals surface area contributed by atoms with Crippen LogP contribution in [0.3, 0.4) is 0 Å². The number of carbonyl (C=O) groups is 2. The van der Waals surface area contributed by atoms with E-state index in [2.05, 4.69) is 31.5 Å². The summed E-state index contributed by atoms with van der Waals surface area (Å²) in [5.74, 6) is -1.37. The quantitative estimate of drug-likeness (QED) is 0.827. The molecular weight excluding hydrogens is 329 g/mol. The molecule has 5 nitrogen and oxygen atoms in total. The normalized spacial score (nSPS) is 13.1. The van der Waals surface area contributed by atoms with E-state index in [4.69, 9.17) is 0 Å². The largest absolute Gasteiger partial charge is 0.338 e. The van der Waals surface area contributed by atoms with E-state index < -0.39 is 17.6 Å². The third-order valence-corrected chi connectivity index (χ3v) is 3.24. The van der Waals surface area contributed by atoms with Crippen LogP contribution in [0.15, 0.2) is 34.9 Å². The molecule has 20 heavy (non-hydrogen) atoms. The van der Waals surface area contributed by atoms with Crippen LogP contribution in [0.5, 0.6) is 0 Å². The maximum absolute atomic E-state index is 13.7. The van der Waals surface area contributed by atoms with Crippen LogP contribution in [0.1, 0.15) is 20.7 Å². The zero-order valence-electron chi connectivity index (χ0n) is 9.91. The first kappa shape index (κ1) is 12.7. The summed E-state index contributed by atoms with van der Waals surface area (Å²) >= 11 is 3.12. The van der Waals surface area contributed by atoms with Gasteiger partial charge < -0.3 is 5.32 Å². The number of nitrogens with one attached hydrogen (secondary N) is 2. The number of fused-ring (bicyclic) bond motifs is 1. The lowest BCUT2D eigenvalue weighted by molar-refractivity contribution is 0.0879. The van der Waals surface area contributed by atoms with Crippen LogP contribution in [0.2, 0.25) is 0 Å². The molecule has 1 aliphatic rings. The number of benzene rings is 1. The Morgan fingerprint density at radius 3 is 2.65 bits per heavy atom. The van der Waals surface area contributed by atoms with Crippen molar-refractivity contribution in [1.29, 1.82) is 0 Å². The molecule has 3 rings (SSSR count). The number of halogens is 2. The Labute approximate surface area is 121 Å². The molecule has 0 unspecified atom stereocenters. The zero-order chi connectivity index (χ0) is 14.3. The number of imide groups is 1. The van der Waals surface area contributed by atoms with Crippen LogP contribution in [0.4, 0.5) is 15.9 Å². The van der Waals surface area contributed by atoms with Gasteiger partial charge in [-0.1, -0.05) is 0 Å². The molecule has 1 aliphatic heterocycles. The van der Waals surface area contributed by atoms with Crippen LogP contribution in [-0.2, 0) is 0 Å². The lowest BCUT2D eigenvalue weighted by Crippen LogP contribution is -2.19. The van der Waals surface area contributed by atoms with Crippen molar-refractivity contribution in [3.63, 3.8) is 0 Å². The van der Waals surface area contributed by atoms with Gasteiger partial charge in [0.25, 0.3) is 11.8 Å². The topological polar surface area (TPSA) is 71.1 Å². The van der Waals surface area contributed by atoms with Crippen LogP contribution < -0.4 is 10.6 Å². The van der Waals surface area contributed by atoms with Gasteiger partial charge in [-0.3, -0.25) is 14.9 Å². The fraction of sp³-hybridized carbons (Fsp3) is 0. The zero-order valence-corrected chi connectivity index (χ0v) is 11.5. The molecule has 1 aromatic carbocycles. The van der Waals surface area contributed by atoms with Gasteiger partial charge in [0.1, 0.15) is 0 Å². The third-order valence-electron chi connectivity index (χ3n) is 2.81. The lowest BCUT2D eigenvalue weighted by Gasteiger charge is -2.07. The molecule has 0 saturated carbocycles. The maximum Gasteiger partial charge on any atom is 0.259 e. The SMILES string of the molecule is O=C1NC(=O)c2cc(Nc3ncc(Br)cc3F)ccc21. The van der Waals surface area contributed by atoms with Gasteiger partial charge in [0.05, 0.1) is 11.1 Å². The summed E-state index contributed by atoms with van der Waals surface area (Å²) in [6.45, 7) is 0. The van der Waals surface area contributed by atoms with Crippen LogP contribution >= 0.6 is 15.9 Å². The molecule has 2 heterocycles. The van der Waals surface area contributed by atoms with Gasteiger partial charge in [-0.25, -0.2) is 9.37 Å². The highest BCUT2D eigenvalue weighted by molar-refractivity contribution is 9.10. The van der Waals surface area contributed by atoms with E-state index in [0.29, 0.717) is 15.7 Å². The molecular formula is C13H7BrFN3O2. The Bertz CT molecular complexity index is 748. The second kappa shape index (κ2) is 4.68. The number of carbonyl (C=O) groups excluding carboxylic acids is 2. The van der Waals surface area contributed by atoms with Gasteiger partial charge in [0, 0.05) is 16.4 Å². The molecule has 7 heteroatoms. The number of nitrogens with zero attached hydrogens (tertiary/aromatic N) is 1. The molecule has 0 aliphatic carbocycles. The van der Waals surface area contributed by atoms with E-state index in [1.165, 1.54) is 24.4 Å². The van der Waals surface area contributed by atoms with Crippen molar-refractivity contribution >= 4 is 39.2 Å². The first-order valence-corrected chi connectivity index (χ1v) is 6.42. The molecule has 0 radical (unpaired) electrons. The number of pyridine rings is 1. The molecule has 2 aromatic rings. The fourth-order valence-corrected chi connectivity index (χ4v) is 2.19. The van der Waals surface area contributed by atoms with Crippen LogP contribution in [0.25, 0.3) is 0 Å². The summed E-state index contributed by atoms with van der Waals surface area (Å²) in [5.41, 5.74) is 1.05. The minimum Gasteiger partial charge on any atom is -0.338 e. The summed E-state index contributed by atoms with van der Waals surface area (Å²) in [5, 5.41) is 4.96. The summed E-state index contributed by atoms with van der Waals surface area (Å²) in [7, 11) is 0. The molecule has 0 fully saturated rings. The average Bonchev–Trinajstić information content (AvgIpc) is 2.68. The summed E-state index contributed by atoms with van der Waals surface area (Å²) in [4.78, 5) is 26.8. The van der Waals surface area contributed by atoms with Crippen molar-refractivity contribution in [2.45, 2.75) is 0 Å². The van der Waals surface area contributed by atoms with Gasteiger partial charge in [-0.15, -0.1) is 0 Å². The van der Waals surface area contributed by atoms with Crippen molar-refractivity contribution in [1.82, 2.24) is 10.3 Å². The Hall–Kier alpha value is -2.28. The lowest BCUT2D eigenvalue weighted by atomic mass is 10.1. The first-order valence-electron chi connectivity index (χ1n) is 5.62. The number of rotatable bonds is 2. The molecule has 0 atom stereocenters. The highest BCUT2D eigenvalue weighted by Gasteiger charge is 2.26. The Kier molecular flexibility index (Phi) is 2.98. The van der Waals surface area contributed by atoms with Gasteiger partial charge in [0.15, 0.2) is 11.6 Å². The molecule has 1 aromatic heterocycles. The molecule has 100 valence electrons. The van der Waals surface area contributed by atoms with Gasteiger partial charge in [0.2, 0.25) is 0 Å². The standard InChI is InChI=1S/C13H7BrFN3O2/c14-6-3-10(15)11(16-5-6)17-7-1-2-8-9(4-7)13(20)18-12(8)19/h1-5H,(H,16,17)(H,18,19,20). The number of hydrogen-bond donors (Lipinski definition) is 2. The van der Waals surface area contributed by atoms with E-state index >= 15 is 0 Å². The number of anilines is 2. The summed E-state index contributed by atoms with van der Waals surface area (Å²) in [6.07, 6.45) is 1.45. The minimum atomic E-state index is -0.527.